The molecular weight excluding hydrogens is 490 g/mol. The Morgan fingerprint density at radius 3 is 1.74 bits per heavy atom. The fourth-order valence-electron chi connectivity index (χ4n) is 4.47. The molecule has 0 atom stereocenters. The Kier molecular flexibility index (Phi) is 8.34. The third-order valence-corrected chi connectivity index (χ3v) is 6.13. The van der Waals surface area contributed by atoms with Crippen molar-refractivity contribution < 1.29 is 14.3 Å². The minimum Gasteiger partial charge on any atom is -0.444 e. The van der Waals surface area contributed by atoms with Crippen molar-refractivity contribution in [2.75, 3.05) is 17.2 Å². The topological polar surface area (TPSA) is 97.3 Å². The molecule has 39 heavy (non-hydrogen) atoms. The van der Waals surface area contributed by atoms with Crippen LogP contribution in [0.1, 0.15) is 44.4 Å². The van der Waals surface area contributed by atoms with Crippen LogP contribution in [0.4, 0.5) is 16.3 Å². The quantitative estimate of drug-likeness (QED) is 0.241. The Morgan fingerprint density at radius 2 is 1.31 bits per heavy atom. The van der Waals surface area contributed by atoms with Crippen molar-refractivity contribution in [3.05, 3.63) is 114 Å². The first-order chi connectivity index (χ1) is 18.7. The molecular formula is C31H35N5O3. The van der Waals surface area contributed by atoms with E-state index in [-0.39, 0.29) is 6.54 Å². The number of nitrogens with one attached hydrogen (secondary N) is 3. The number of hydrogen-bond acceptors (Lipinski definition) is 5. The lowest BCUT2D eigenvalue weighted by molar-refractivity contribution is -0.115. The number of aryl methyl sites for hydroxylation is 1. The van der Waals surface area contributed by atoms with E-state index in [1.54, 1.807) is 31.6 Å². The summed E-state index contributed by atoms with van der Waals surface area (Å²) in [5.41, 5.74) is 2.11. The summed E-state index contributed by atoms with van der Waals surface area (Å²) >= 11 is 0. The van der Waals surface area contributed by atoms with Crippen LogP contribution in [-0.4, -0.2) is 33.9 Å². The van der Waals surface area contributed by atoms with E-state index < -0.39 is 23.1 Å². The predicted molar refractivity (Wildman–Crippen MR) is 154 cm³/mol. The van der Waals surface area contributed by atoms with Crippen LogP contribution in [0.25, 0.3) is 0 Å². The molecule has 3 aromatic carbocycles. The Balaban J connectivity index is 1.74. The summed E-state index contributed by atoms with van der Waals surface area (Å²) in [6, 6.07) is 30.6. The molecule has 0 aliphatic carbocycles. The Bertz CT molecular complexity index is 1280. The molecule has 0 unspecified atom stereocenters. The van der Waals surface area contributed by atoms with Gasteiger partial charge in [-0.05, 0) is 44.4 Å². The second-order valence-corrected chi connectivity index (χ2v) is 10.1. The molecule has 0 bridgehead atoms. The van der Waals surface area contributed by atoms with Crippen LogP contribution in [0, 0.1) is 0 Å². The molecule has 8 heteroatoms. The molecule has 4 rings (SSSR count). The number of rotatable bonds is 9. The molecule has 0 saturated heterocycles. The van der Waals surface area contributed by atoms with Gasteiger partial charge in [0.05, 0.1) is 6.20 Å². The van der Waals surface area contributed by atoms with Crippen molar-refractivity contribution >= 4 is 23.5 Å². The number of benzene rings is 3. The summed E-state index contributed by atoms with van der Waals surface area (Å²) in [6.07, 6.45) is 0.958. The molecule has 1 heterocycles. The summed E-state index contributed by atoms with van der Waals surface area (Å²) in [5.74, 6) is 0.240. The number of aromatic nitrogens is 2. The molecule has 2 amide bonds. The monoisotopic (exact) mass is 525 g/mol. The van der Waals surface area contributed by atoms with E-state index in [2.05, 4.69) is 57.4 Å². The third-order valence-electron chi connectivity index (χ3n) is 6.13. The molecule has 0 saturated carbocycles. The summed E-state index contributed by atoms with van der Waals surface area (Å²) in [4.78, 5) is 24.9. The molecule has 0 radical (unpaired) electrons. The maximum atomic E-state index is 12.9. The van der Waals surface area contributed by atoms with E-state index in [0.29, 0.717) is 18.1 Å². The van der Waals surface area contributed by atoms with Gasteiger partial charge in [-0.1, -0.05) is 91.0 Å². The summed E-state index contributed by atoms with van der Waals surface area (Å²) in [7, 11) is 0. The number of carbonyl (C=O) groups excluding carboxylic acids is 2. The summed E-state index contributed by atoms with van der Waals surface area (Å²) < 4.78 is 7.04. The average Bonchev–Trinajstić information content (AvgIpc) is 3.31. The van der Waals surface area contributed by atoms with Crippen molar-refractivity contribution in [3.8, 4) is 0 Å². The van der Waals surface area contributed by atoms with Crippen LogP contribution >= 0.6 is 0 Å². The molecule has 0 aliphatic heterocycles. The second-order valence-electron chi connectivity index (χ2n) is 10.1. The number of carbonyl (C=O) groups is 2. The zero-order valence-corrected chi connectivity index (χ0v) is 22.8. The fraction of sp³-hybridized carbons (Fsp3) is 0.258. The zero-order chi connectivity index (χ0) is 27.9. The van der Waals surface area contributed by atoms with Crippen LogP contribution in [0.15, 0.2) is 97.2 Å². The van der Waals surface area contributed by atoms with Crippen LogP contribution in [0.2, 0.25) is 0 Å². The van der Waals surface area contributed by atoms with Crippen LogP contribution in [0.3, 0.4) is 0 Å². The highest BCUT2D eigenvalue weighted by atomic mass is 16.6. The maximum absolute atomic E-state index is 12.9. The van der Waals surface area contributed by atoms with Gasteiger partial charge < -0.3 is 20.7 Å². The van der Waals surface area contributed by atoms with Crippen molar-refractivity contribution in [2.24, 2.45) is 0 Å². The summed E-state index contributed by atoms with van der Waals surface area (Å²) in [5, 5.41) is 13.7. The van der Waals surface area contributed by atoms with E-state index in [1.165, 1.54) is 0 Å². The smallest absolute Gasteiger partial charge is 0.408 e. The lowest BCUT2D eigenvalue weighted by atomic mass is 9.77. The normalized spacial score (nSPS) is 11.5. The van der Waals surface area contributed by atoms with Crippen molar-refractivity contribution in [1.29, 1.82) is 0 Å². The zero-order valence-electron chi connectivity index (χ0n) is 22.8. The number of hydrogen-bond donors (Lipinski definition) is 3. The highest BCUT2D eigenvalue weighted by Crippen LogP contribution is 2.41. The van der Waals surface area contributed by atoms with E-state index in [9.17, 15) is 9.59 Å². The molecule has 8 nitrogen and oxygen atoms in total. The van der Waals surface area contributed by atoms with Crippen LogP contribution in [0.5, 0.6) is 0 Å². The first-order valence-corrected chi connectivity index (χ1v) is 13.0. The number of alkyl carbamates (subject to hydrolysis) is 1. The molecule has 4 aromatic rings. The van der Waals surface area contributed by atoms with E-state index >= 15 is 0 Å². The Labute approximate surface area is 229 Å². The lowest BCUT2D eigenvalue weighted by Crippen LogP contribution is -2.39. The molecule has 0 fully saturated rings. The van der Waals surface area contributed by atoms with Gasteiger partial charge in [0.25, 0.3) is 0 Å². The van der Waals surface area contributed by atoms with Crippen molar-refractivity contribution in [2.45, 2.75) is 45.4 Å². The summed E-state index contributed by atoms with van der Waals surface area (Å²) in [6.45, 7) is 7.62. The molecule has 1 aromatic heterocycles. The van der Waals surface area contributed by atoms with Gasteiger partial charge >= 0.3 is 6.09 Å². The number of amides is 2. The third kappa shape index (κ3) is 6.46. The van der Waals surface area contributed by atoms with Crippen molar-refractivity contribution in [3.63, 3.8) is 0 Å². The molecule has 0 spiro atoms. The minimum absolute atomic E-state index is 0.243. The predicted octanol–water partition coefficient (Wildman–Crippen LogP) is 5.77. The number of anilines is 2. The highest BCUT2D eigenvalue weighted by Gasteiger charge is 2.38. The SMILES string of the molecule is CCn1ncc(NC(=O)CNC(=O)OC(C)(C)C)c1NC(c1ccccc1)(c1ccccc1)c1ccccc1. The van der Waals surface area contributed by atoms with Gasteiger partial charge in [0, 0.05) is 6.54 Å². The minimum atomic E-state index is -0.801. The number of ether oxygens (including phenoxy) is 1. The van der Waals surface area contributed by atoms with Gasteiger partial charge in [-0.25, -0.2) is 9.48 Å². The lowest BCUT2D eigenvalue weighted by Gasteiger charge is -2.38. The van der Waals surface area contributed by atoms with Gasteiger partial charge in [0.2, 0.25) is 5.91 Å². The average molecular weight is 526 g/mol. The van der Waals surface area contributed by atoms with Gasteiger partial charge in [-0.3, -0.25) is 4.79 Å². The second kappa shape index (κ2) is 11.9. The van der Waals surface area contributed by atoms with Gasteiger partial charge in [-0.2, -0.15) is 5.10 Å². The standard InChI is InChI=1S/C31H35N5O3/c1-5-36-28(26(21-33-36)34-27(37)22-32-29(38)39-30(2,3)4)35-31(23-15-9-6-10-16-23,24-17-11-7-12-18-24)25-19-13-8-14-20-25/h6-21,35H,5,22H2,1-4H3,(H,32,38)(H,34,37). The molecule has 202 valence electrons. The van der Waals surface area contributed by atoms with Gasteiger partial charge in [-0.15, -0.1) is 0 Å². The first-order valence-electron chi connectivity index (χ1n) is 13.0. The first kappa shape index (κ1) is 27.4. The molecule has 3 N–H and O–H groups in total. The number of nitrogens with zero attached hydrogens (tertiary/aromatic N) is 2. The maximum Gasteiger partial charge on any atom is 0.408 e. The Hall–Kier alpha value is -4.59. The van der Waals surface area contributed by atoms with Crippen molar-refractivity contribution in [1.82, 2.24) is 15.1 Å². The van der Waals surface area contributed by atoms with E-state index in [0.717, 1.165) is 16.7 Å². The van der Waals surface area contributed by atoms with Crippen LogP contribution < -0.4 is 16.0 Å². The molecule has 0 aliphatic rings. The van der Waals surface area contributed by atoms with E-state index in [1.807, 2.05) is 61.5 Å². The van der Waals surface area contributed by atoms with E-state index in [4.69, 9.17) is 4.74 Å². The van der Waals surface area contributed by atoms with Crippen LogP contribution in [-0.2, 0) is 21.6 Å². The highest BCUT2D eigenvalue weighted by molar-refractivity contribution is 5.96. The Morgan fingerprint density at radius 1 is 0.821 bits per heavy atom. The van der Waals surface area contributed by atoms with Gasteiger partial charge in [0.15, 0.2) is 0 Å². The van der Waals surface area contributed by atoms with Gasteiger partial charge in [0.1, 0.15) is 29.2 Å². The fourth-order valence-corrected chi connectivity index (χ4v) is 4.47. The largest absolute Gasteiger partial charge is 0.444 e.